The van der Waals surface area contributed by atoms with Crippen LogP contribution in [-0.4, -0.2) is 4.98 Å². The summed E-state index contributed by atoms with van der Waals surface area (Å²) in [6, 6.07) is 11.9. The number of rotatable bonds is 2. The Hall–Kier alpha value is -0.366. The van der Waals surface area contributed by atoms with Gasteiger partial charge in [-0.3, -0.25) is 4.98 Å². The largest absolute Gasteiger partial charge is 0.287 e. The van der Waals surface area contributed by atoms with Crippen molar-refractivity contribution >= 4 is 11.6 Å². The van der Waals surface area contributed by atoms with E-state index in [-0.39, 0.29) is 32.7 Å². The molecule has 0 fully saturated rings. The van der Waals surface area contributed by atoms with Gasteiger partial charge in [-0.1, -0.05) is 49.4 Å². The molecule has 85 valence electrons. The first-order chi connectivity index (χ1) is 7.72. The van der Waals surface area contributed by atoms with Crippen LogP contribution in [0.15, 0.2) is 36.4 Å². The summed E-state index contributed by atoms with van der Waals surface area (Å²) in [5.41, 5.74) is 3.75. The van der Waals surface area contributed by atoms with Gasteiger partial charge in [-0.05, 0) is 16.7 Å². The Kier molecular flexibility index (Phi) is 5.65. The number of pyridine rings is 1. The minimum absolute atomic E-state index is 0. The van der Waals surface area contributed by atoms with Crippen LogP contribution in [-0.2, 0) is 39.1 Å². The van der Waals surface area contributed by atoms with E-state index in [1.807, 2.05) is 36.4 Å². The topological polar surface area (TPSA) is 12.9 Å². The summed E-state index contributed by atoms with van der Waals surface area (Å²) in [4.78, 5) is 4.48. The molecule has 2 aromatic rings. The second kappa shape index (κ2) is 6.54. The standard InChI is InChI=1S/C14H13ClN.Y/c1-3-12-10(2)16-14(9-13(12)15)11-7-5-4-6-8-11;/h4-9H,2-3H2,1H3;/q-1;. The molecule has 0 atom stereocenters. The van der Waals surface area contributed by atoms with E-state index in [4.69, 9.17) is 11.6 Å². The summed E-state index contributed by atoms with van der Waals surface area (Å²) >= 11 is 6.20. The molecular formula is C14H13ClNY-. The maximum Gasteiger partial charge on any atom is 0.0671 e. The van der Waals surface area contributed by atoms with Crippen LogP contribution in [0.3, 0.4) is 0 Å². The SMILES string of the molecule is [CH2-]c1nc(-c2ccccc2)cc(Cl)c1CC.[Y]. The number of hydrogen-bond donors (Lipinski definition) is 0. The van der Waals surface area contributed by atoms with E-state index < -0.39 is 0 Å². The molecule has 3 heteroatoms. The van der Waals surface area contributed by atoms with Crippen molar-refractivity contribution in [1.82, 2.24) is 4.98 Å². The molecule has 0 saturated heterocycles. The molecule has 0 aliphatic carbocycles. The van der Waals surface area contributed by atoms with Crippen LogP contribution in [0.4, 0.5) is 0 Å². The van der Waals surface area contributed by atoms with Crippen molar-refractivity contribution in [2.45, 2.75) is 13.3 Å². The Bertz CT molecular complexity index is 474. The van der Waals surface area contributed by atoms with Crippen LogP contribution in [0.25, 0.3) is 11.3 Å². The van der Waals surface area contributed by atoms with Gasteiger partial charge in [0.1, 0.15) is 0 Å². The molecular weight excluding hydrogens is 307 g/mol. The second-order valence-electron chi connectivity index (χ2n) is 3.63. The monoisotopic (exact) mass is 319 g/mol. The van der Waals surface area contributed by atoms with Crippen molar-refractivity contribution < 1.29 is 32.7 Å². The Labute approximate surface area is 132 Å². The number of halogens is 1. The minimum Gasteiger partial charge on any atom is -0.287 e. The Morgan fingerprint density at radius 1 is 1.24 bits per heavy atom. The zero-order valence-corrected chi connectivity index (χ0v) is 13.4. The van der Waals surface area contributed by atoms with E-state index >= 15 is 0 Å². The van der Waals surface area contributed by atoms with E-state index in [0.717, 1.165) is 34.0 Å². The normalized spacial score (nSPS) is 9.76. The molecule has 0 aliphatic rings. The van der Waals surface area contributed by atoms with Gasteiger partial charge in [0.25, 0.3) is 0 Å². The van der Waals surface area contributed by atoms with E-state index in [0.29, 0.717) is 0 Å². The molecule has 0 saturated carbocycles. The van der Waals surface area contributed by atoms with Gasteiger partial charge in [-0.2, -0.15) is 5.56 Å². The summed E-state index contributed by atoms with van der Waals surface area (Å²) in [6.45, 7) is 6.00. The Morgan fingerprint density at radius 2 is 1.88 bits per heavy atom. The maximum absolute atomic E-state index is 6.20. The predicted molar refractivity (Wildman–Crippen MR) is 68.5 cm³/mol. The number of benzene rings is 1. The summed E-state index contributed by atoms with van der Waals surface area (Å²) < 4.78 is 0. The van der Waals surface area contributed by atoms with Crippen LogP contribution in [0.2, 0.25) is 5.02 Å². The van der Waals surface area contributed by atoms with Crippen molar-refractivity contribution in [2.24, 2.45) is 0 Å². The maximum atomic E-state index is 6.20. The zero-order valence-electron chi connectivity index (χ0n) is 9.78. The molecule has 1 aromatic heterocycles. The van der Waals surface area contributed by atoms with E-state index in [2.05, 4.69) is 18.8 Å². The number of nitrogens with zero attached hydrogens (tertiary/aromatic N) is 1. The first-order valence-electron chi connectivity index (χ1n) is 5.29. The summed E-state index contributed by atoms with van der Waals surface area (Å²) in [5.74, 6) is 0. The third kappa shape index (κ3) is 3.31. The van der Waals surface area contributed by atoms with Crippen molar-refractivity contribution in [3.05, 3.63) is 59.6 Å². The first kappa shape index (κ1) is 14.7. The number of hydrogen-bond acceptors (Lipinski definition) is 1. The Balaban J connectivity index is 0.00000144. The van der Waals surface area contributed by atoms with Gasteiger partial charge in [0.05, 0.1) is 5.69 Å². The molecule has 2 rings (SSSR count). The zero-order chi connectivity index (χ0) is 11.5. The third-order valence-corrected chi connectivity index (χ3v) is 2.92. The molecule has 1 nitrogen and oxygen atoms in total. The van der Waals surface area contributed by atoms with Gasteiger partial charge in [0.2, 0.25) is 0 Å². The average Bonchev–Trinajstić information content (AvgIpc) is 2.30. The van der Waals surface area contributed by atoms with Gasteiger partial charge in [0.15, 0.2) is 0 Å². The fourth-order valence-corrected chi connectivity index (χ4v) is 2.07. The van der Waals surface area contributed by atoms with Crippen molar-refractivity contribution in [3.8, 4) is 11.3 Å². The summed E-state index contributed by atoms with van der Waals surface area (Å²) in [5, 5.41) is 0.751. The quantitative estimate of drug-likeness (QED) is 0.758. The van der Waals surface area contributed by atoms with Gasteiger partial charge < -0.3 is 0 Å². The molecule has 1 aromatic carbocycles. The average molecular weight is 320 g/mol. The molecule has 0 N–H and O–H groups in total. The van der Waals surface area contributed by atoms with E-state index in [9.17, 15) is 0 Å². The molecule has 0 aliphatic heterocycles. The molecule has 1 heterocycles. The molecule has 1 radical (unpaired) electrons. The smallest absolute Gasteiger partial charge is 0.0671 e. The second-order valence-corrected chi connectivity index (χ2v) is 4.04. The fourth-order valence-electron chi connectivity index (χ4n) is 1.72. The minimum atomic E-state index is 0. The molecule has 0 bridgehead atoms. The van der Waals surface area contributed by atoms with Crippen LogP contribution in [0, 0.1) is 6.92 Å². The van der Waals surface area contributed by atoms with Gasteiger partial charge in [0, 0.05) is 32.7 Å². The van der Waals surface area contributed by atoms with E-state index in [1.54, 1.807) is 0 Å². The van der Waals surface area contributed by atoms with Gasteiger partial charge in [-0.15, -0.1) is 11.6 Å². The van der Waals surface area contributed by atoms with Gasteiger partial charge in [-0.25, -0.2) is 6.92 Å². The van der Waals surface area contributed by atoms with Crippen LogP contribution in [0.1, 0.15) is 18.2 Å². The third-order valence-electron chi connectivity index (χ3n) is 2.58. The molecule has 0 amide bonds. The fraction of sp³-hybridized carbons (Fsp3) is 0.143. The summed E-state index contributed by atoms with van der Waals surface area (Å²) in [7, 11) is 0. The predicted octanol–water partition coefficient (Wildman–Crippen LogP) is 4.14. The van der Waals surface area contributed by atoms with Crippen molar-refractivity contribution in [2.75, 3.05) is 0 Å². The summed E-state index contributed by atoms with van der Waals surface area (Å²) in [6.07, 6.45) is 0.861. The Morgan fingerprint density at radius 3 is 2.41 bits per heavy atom. The number of aromatic nitrogens is 1. The molecule has 0 unspecified atom stereocenters. The van der Waals surface area contributed by atoms with Gasteiger partial charge >= 0.3 is 0 Å². The van der Waals surface area contributed by atoms with Crippen molar-refractivity contribution in [1.29, 1.82) is 0 Å². The first-order valence-corrected chi connectivity index (χ1v) is 5.67. The molecule has 0 spiro atoms. The van der Waals surface area contributed by atoms with E-state index in [1.165, 1.54) is 0 Å². The van der Waals surface area contributed by atoms with Crippen LogP contribution >= 0.6 is 11.6 Å². The van der Waals surface area contributed by atoms with Crippen LogP contribution in [0.5, 0.6) is 0 Å². The molecule has 17 heavy (non-hydrogen) atoms. The van der Waals surface area contributed by atoms with Crippen LogP contribution < -0.4 is 0 Å². The van der Waals surface area contributed by atoms with Crippen molar-refractivity contribution in [3.63, 3.8) is 0 Å².